The molecule has 31 heavy (non-hydrogen) atoms. The van der Waals surface area contributed by atoms with Crippen LogP contribution < -0.4 is 9.47 Å². The molecule has 0 radical (unpaired) electrons. The molecule has 4 amide bonds. The normalized spacial score (nSPS) is 20.3. The van der Waals surface area contributed by atoms with Crippen LogP contribution in [0.25, 0.3) is 5.69 Å². The third-order valence-electron chi connectivity index (χ3n) is 5.88. The Bertz CT molecular complexity index is 1080. The maximum absolute atomic E-state index is 13.2. The lowest BCUT2D eigenvalue weighted by Gasteiger charge is -2.35. The SMILES string of the molecule is CCN1C(=O)C2CN(C(=O)c3nnn(-c4ccc5c(c4)OCCO5)c3C)CCN2C1=O. The van der Waals surface area contributed by atoms with Gasteiger partial charge in [-0.1, -0.05) is 5.21 Å². The van der Waals surface area contributed by atoms with E-state index in [1.807, 2.05) is 6.07 Å². The highest BCUT2D eigenvalue weighted by molar-refractivity contribution is 6.05. The minimum Gasteiger partial charge on any atom is -0.486 e. The van der Waals surface area contributed by atoms with Crippen LogP contribution in [0.5, 0.6) is 11.5 Å². The molecule has 3 aliphatic heterocycles. The van der Waals surface area contributed by atoms with Gasteiger partial charge in [0.15, 0.2) is 17.2 Å². The van der Waals surface area contributed by atoms with Crippen molar-refractivity contribution in [1.29, 1.82) is 0 Å². The summed E-state index contributed by atoms with van der Waals surface area (Å²) >= 11 is 0. The van der Waals surface area contributed by atoms with Gasteiger partial charge in [0.25, 0.3) is 11.8 Å². The van der Waals surface area contributed by atoms with Gasteiger partial charge in [-0.05, 0) is 26.0 Å². The maximum Gasteiger partial charge on any atom is 0.327 e. The third kappa shape index (κ3) is 2.99. The molecule has 2 aromatic rings. The first-order chi connectivity index (χ1) is 15.0. The third-order valence-corrected chi connectivity index (χ3v) is 5.88. The van der Waals surface area contributed by atoms with E-state index < -0.39 is 6.04 Å². The molecule has 2 saturated heterocycles. The first kappa shape index (κ1) is 19.3. The number of likely N-dealkylation sites (N-methyl/N-ethyl adjacent to an activating group) is 1. The van der Waals surface area contributed by atoms with Crippen molar-refractivity contribution in [3.05, 3.63) is 29.6 Å². The summed E-state index contributed by atoms with van der Waals surface area (Å²) in [6.07, 6.45) is 0. The van der Waals surface area contributed by atoms with Crippen LogP contribution in [0.3, 0.4) is 0 Å². The summed E-state index contributed by atoms with van der Waals surface area (Å²) in [7, 11) is 0. The lowest BCUT2D eigenvalue weighted by atomic mass is 10.1. The molecule has 162 valence electrons. The highest BCUT2D eigenvalue weighted by Gasteiger charge is 2.48. The number of amides is 4. The Hall–Kier alpha value is -3.63. The number of piperazine rings is 1. The van der Waals surface area contributed by atoms with Crippen LogP contribution in [-0.2, 0) is 4.79 Å². The fourth-order valence-corrected chi connectivity index (χ4v) is 4.21. The number of urea groups is 1. The molecule has 0 saturated carbocycles. The van der Waals surface area contributed by atoms with E-state index in [1.165, 1.54) is 9.80 Å². The lowest BCUT2D eigenvalue weighted by molar-refractivity contribution is -0.129. The molecular formula is C20H22N6O5. The standard InChI is InChI=1S/C20H22N6O5/c1-3-24-18(27)14-11-23(6-7-25(14)20(24)29)19(28)17-12(2)26(22-21-17)13-4-5-15-16(10-13)31-9-8-30-15/h4-5,10,14H,3,6-9,11H2,1-2H3. The minimum absolute atomic E-state index is 0.149. The Labute approximate surface area is 178 Å². The molecule has 0 N–H and O–H groups in total. The number of hydrogen-bond acceptors (Lipinski definition) is 7. The summed E-state index contributed by atoms with van der Waals surface area (Å²) in [5.74, 6) is 0.712. The number of hydrogen-bond donors (Lipinski definition) is 0. The molecule has 11 heteroatoms. The van der Waals surface area contributed by atoms with E-state index in [9.17, 15) is 14.4 Å². The summed E-state index contributed by atoms with van der Waals surface area (Å²) in [5.41, 5.74) is 1.49. The van der Waals surface area contributed by atoms with Crippen LogP contribution in [0.1, 0.15) is 23.1 Å². The van der Waals surface area contributed by atoms with Gasteiger partial charge in [0.2, 0.25) is 0 Å². The van der Waals surface area contributed by atoms with Crippen LogP contribution in [0.15, 0.2) is 18.2 Å². The Morgan fingerprint density at radius 1 is 1.16 bits per heavy atom. The van der Waals surface area contributed by atoms with Gasteiger partial charge in [0, 0.05) is 25.7 Å². The molecule has 1 aromatic heterocycles. The highest BCUT2D eigenvalue weighted by Crippen LogP contribution is 2.32. The zero-order chi connectivity index (χ0) is 21.7. The summed E-state index contributed by atoms with van der Waals surface area (Å²) in [6.45, 7) is 5.62. The number of carbonyl (C=O) groups is 3. The van der Waals surface area contributed by atoms with Crippen molar-refractivity contribution in [2.75, 3.05) is 39.4 Å². The summed E-state index contributed by atoms with van der Waals surface area (Å²) in [6, 6.07) is 4.49. The number of benzene rings is 1. The molecule has 0 spiro atoms. The van der Waals surface area contributed by atoms with E-state index in [4.69, 9.17) is 9.47 Å². The second-order valence-corrected chi connectivity index (χ2v) is 7.59. The van der Waals surface area contributed by atoms with Crippen LogP contribution in [0.2, 0.25) is 0 Å². The van der Waals surface area contributed by atoms with E-state index in [0.29, 0.717) is 55.7 Å². The zero-order valence-corrected chi connectivity index (χ0v) is 17.3. The largest absolute Gasteiger partial charge is 0.486 e. The summed E-state index contributed by atoms with van der Waals surface area (Å²) in [4.78, 5) is 42.3. The van der Waals surface area contributed by atoms with Crippen molar-refractivity contribution in [3.8, 4) is 17.2 Å². The number of rotatable bonds is 3. The van der Waals surface area contributed by atoms with Crippen molar-refractivity contribution in [2.24, 2.45) is 0 Å². The molecule has 1 unspecified atom stereocenters. The molecular weight excluding hydrogens is 404 g/mol. The monoisotopic (exact) mass is 426 g/mol. The number of fused-ring (bicyclic) bond motifs is 2. The number of aromatic nitrogens is 3. The van der Waals surface area contributed by atoms with Crippen molar-refractivity contribution < 1.29 is 23.9 Å². The second-order valence-electron chi connectivity index (χ2n) is 7.59. The van der Waals surface area contributed by atoms with E-state index in [2.05, 4.69) is 10.3 Å². The molecule has 0 aliphatic carbocycles. The quantitative estimate of drug-likeness (QED) is 0.656. The van der Waals surface area contributed by atoms with E-state index >= 15 is 0 Å². The average Bonchev–Trinajstić information content (AvgIpc) is 3.29. The smallest absolute Gasteiger partial charge is 0.327 e. The Morgan fingerprint density at radius 3 is 2.71 bits per heavy atom. The maximum atomic E-state index is 13.2. The highest BCUT2D eigenvalue weighted by atomic mass is 16.6. The Balaban J connectivity index is 1.37. The van der Waals surface area contributed by atoms with Gasteiger partial charge in [-0.3, -0.25) is 14.5 Å². The summed E-state index contributed by atoms with van der Waals surface area (Å²) < 4.78 is 12.7. The predicted molar refractivity (Wildman–Crippen MR) is 106 cm³/mol. The first-order valence-electron chi connectivity index (χ1n) is 10.2. The summed E-state index contributed by atoms with van der Waals surface area (Å²) in [5, 5.41) is 8.26. The Kier molecular flexibility index (Phi) is 4.53. The lowest BCUT2D eigenvalue weighted by Crippen LogP contribution is -2.54. The topological polar surface area (TPSA) is 110 Å². The van der Waals surface area contributed by atoms with Gasteiger partial charge in [-0.15, -0.1) is 5.10 Å². The molecule has 3 aliphatic rings. The van der Waals surface area contributed by atoms with E-state index in [0.717, 1.165) is 0 Å². The van der Waals surface area contributed by atoms with Crippen molar-refractivity contribution in [3.63, 3.8) is 0 Å². The Morgan fingerprint density at radius 2 is 1.94 bits per heavy atom. The molecule has 0 bridgehead atoms. The molecule has 5 rings (SSSR count). The molecule has 2 fully saturated rings. The van der Waals surface area contributed by atoms with E-state index in [1.54, 1.807) is 35.6 Å². The fraction of sp³-hybridized carbons (Fsp3) is 0.450. The van der Waals surface area contributed by atoms with E-state index in [-0.39, 0.29) is 30.1 Å². The van der Waals surface area contributed by atoms with Gasteiger partial charge in [0.1, 0.15) is 19.3 Å². The molecule has 11 nitrogen and oxygen atoms in total. The number of imide groups is 1. The second kappa shape index (κ2) is 7.25. The average molecular weight is 426 g/mol. The number of carbonyl (C=O) groups excluding carboxylic acids is 3. The fourth-order valence-electron chi connectivity index (χ4n) is 4.21. The van der Waals surface area contributed by atoms with Crippen LogP contribution in [0, 0.1) is 6.92 Å². The van der Waals surface area contributed by atoms with Crippen LogP contribution in [0.4, 0.5) is 4.79 Å². The minimum atomic E-state index is -0.640. The molecule has 1 atom stereocenters. The van der Waals surface area contributed by atoms with Gasteiger partial charge in [-0.25, -0.2) is 9.48 Å². The number of ether oxygens (including phenoxy) is 2. The van der Waals surface area contributed by atoms with Gasteiger partial charge >= 0.3 is 6.03 Å². The van der Waals surface area contributed by atoms with Crippen molar-refractivity contribution in [2.45, 2.75) is 19.9 Å². The van der Waals surface area contributed by atoms with Crippen LogP contribution >= 0.6 is 0 Å². The zero-order valence-electron chi connectivity index (χ0n) is 17.3. The number of nitrogens with zero attached hydrogens (tertiary/aromatic N) is 6. The predicted octanol–water partition coefficient (Wildman–Crippen LogP) is 0.455. The van der Waals surface area contributed by atoms with Crippen molar-refractivity contribution >= 4 is 17.8 Å². The van der Waals surface area contributed by atoms with Crippen molar-refractivity contribution in [1.82, 2.24) is 29.7 Å². The van der Waals surface area contributed by atoms with Gasteiger partial charge in [-0.2, -0.15) is 0 Å². The van der Waals surface area contributed by atoms with Gasteiger partial charge < -0.3 is 19.3 Å². The van der Waals surface area contributed by atoms with Gasteiger partial charge in [0.05, 0.1) is 17.9 Å². The molecule has 1 aromatic carbocycles. The van der Waals surface area contributed by atoms with Crippen LogP contribution in [-0.4, -0.2) is 93.0 Å². The molecule has 4 heterocycles. The first-order valence-corrected chi connectivity index (χ1v) is 10.2.